The first-order chi connectivity index (χ1) is 8.61. The molecule has 0 bridgehead atoms. The van der Waals surface area contributed by atoms with Crippen LogP contribution in [0.2, 0.25) is 0 Å². The van der Waals surface area contributed by atoms with Gasteiger partial charge in [-0.05, 0) is 30.9 Å². The molecule has 1 aromatic rings. The summed E-state index contributed by atoms with van der Waals surface area (Å²) in [4.78, 5) is 25.2. The molecule has 2 N–H and O–H groups in total. The highest BCUT2D eigenvalue weighted by Gasteiger charge is 2.24. The Hall–Kier alpha value is -2.17. The van der Waals surface area contributed by atoms with Crippen molar-refractivity contribution in [1.82, 2.24) is 4.98 Å². The molecule has 5 heteroatoms. The molecular formula is C13H15NO4. The second-order valence-corrected chi connectivity index (χ2v) is 3.85. The van der Waals surface area contributed by atoms with Crippen LogP contribution in [0.25, 0.3) is 6.08 Å². The van der Waals surface area contributed by atoms with Crippen LogP contribution < -0.4 is 0 Å². The van der Waals surface area contributed by atoms with Gasteiger partial charge in [-0.15, -0.1) is 0 Å². The summed E-state index contributed by atoms with van der Waals surface area (Å²) in [6, 6.07) is 3.73. The number of rotatable bonds is 7. The molecule has 1 heterocycles. The average Bonchev–Trinajstić information content (AvgIpc) is 2.34. The van der Waals surface area contributed by atoms with Gasteiger partial charge < -0.3 is 10.2 Å². The van der Waals surface area contributed by atoms with Crippen molar-refractivity contribution >= 4 is 18.0 Å². The fraction of sp³-hybridized carbons (Fsp3) is 0.308. The first-order valence-corrected chi connectivity index (χ1v) is 5.63. The number of carbonyl (C=O) groups is 2. The van der Waals surface area contributed by atoms with E-state index < -0.39 is 17.9 Å². The fourth-order valence-corrected chi connectivity index (χ4v) is 1.49. The lowest BCUT2D eigenvalue weighted by Gasteiger charge is -2.05. The van der Waals surface area contributed by atoms with Crippen molar-refractivity contribution < 1.29 is 19.8 Å². The number of unbranched alkanes of at least 4 members (excludes halogenated alkanes) is 1. The molecule has 0 amide bonds. The molecule has 0 aliphatic carbocycles. The highest BCUT2D eigenvalue weighted by Crippen LogP contribution is 2.10. The average molecular weight is 249 g/mol. The molecular weight excluding hydrogens is 234 g/mol. The van der Waals surface area contributed by atoms with E-state index in [0.29, 0.717) is 12.8 Å². The summed E-state index contributed by atoms with van der Waals surface area (Å²) >= 11 is 0. The zero-order valence-electron chi connectivity index (χ0n) is 9.82. The molecule has 0 saturated carbocycles. The van der Waals surface area contributed by atoms with E-state index >= 15 is 0 Å². The lowest BCUT2D eigenvalue weighted by Crippen LogP contribution is -2.23. The summed E-state index contributed by atoms with van der Waals surface area (Å²) in [5.41, 5.74) is 0.963. The molecule has 0 fully saturated rings. The maximum absolute atomic E-state index is 10.6. The molecule has 0 radical (unpaired) electrons. The van der Waals surface area contributed by atoms with E-state index in [4.69, 9.17) is 10.2 Å². The minimum absolute atomic E-state index is 0.141. The van der Waals surface area contributed by atoms with E-state index in [0.717, 1.165) is 5.56 Å². The normalized spacial score (nSPS) is 10.9. The summed E-state index contributed by atoms with van der Waals surface area (Å²) in [6.07, 6.45) is 8.48. The maximum atomic E-state index is 10.6. The number of aliphatic carboxylic acids is 2. The van der Waals surface area contributed by atoms with Crippen molar-refractivity contribution in [3.05, 3.63) is 36.2 Å². The zero-order chi connectivity index (χ0) is 13.4. The summed E-state index contributed by atoms with van der Waals surface area (Å²) in [5, 5.41) is 17.3. The molecule has 0 spiro atoms. The molecule has 96 valence electrons. The fourth-order valence-electron chi connectivity index (χ4n) is 1.49. The van der Waals surface area contributed by atoms with E-state index in [1.807, 2.05) is 24.3 Å². The summed E-state index contributed by atoms with van der Waals surface area (Å²) < 4.78 is 0. The number of hydrogen-bond acceptors (Lipinski definition) is 3. The molecule has 0 aliphatic rings. The van der Waals surface area contributed by atoms with Crippen molar-refractivity contribution in [2.24, 2.45) is 5.92 Å². The zero-order valence-corrected chi connectivity index (χ0v) is 9.82. The Labute approximate surface area is 105 Å². The van der Waals surface area contributed by atoms with Gasteiger partial charge in [0.2, 0.25) is 0 Å². The lowest BCUT2D eigenvalue weighted by molar-refractivity contribution is -0.154. The molecule has 5 nitrogen and oxygen atoms in total. The summed E-state index contributed by atoms with van der Waals surface area (Å²) in [7, 11) is 0. The quantitative estimate of drug-likeness (QED) is 0.570. The molecule has 1 rings (SSSR count). The Balaban J connectivity index is 2.32. The predicted octanol–water partition coefficient (Wildman–Crippen LogP) is 2.05. The first kappa shape index (κ1) is 13.9. The van der Waals surface area contributed by atoms with E-state index in [1.165, 1.54) is 0 Å². The largest absolute Gasteiger partial charge is 0.481 e. The Morgan fingerprint density at radius 2 is 2.06 bits per heavy atom. The maximum Gasteiger partial charge on any atom is 0.317 e. The van der Waals surface area contributed by atoms with Gasteiger partial charge in [0.25, 0.3) is 0 Å². The van der Waals surface area contributed by atoms with Crippen LogP contribution in [-0.4, -0.2) is 27.1 Å². The van der Waals surface area contributed by atoms with Crippen molar-refractivity contribution in [2.45, 2.75) is 19.3 Å². The Morgan fingerprint density at radius 1 is 1.33 bits per heavy atom. The van der Waals surface area contributed by atoms with Crippen LogP contribution in [0.4, 0.5) is 0 Å². The third-order valence-electron chi connectivity index (χ3n) is 2.45. The number of carboxylic acid groups (broad SMARTS) is 2. The van der Waals surface area contributed by atoms with Gasteiger partial charge in [0.05, 0.1) is 0 Å². The van der Waals surface area contributed by atoms with Crippen LogP contribution in [0.3, 0.4) is 0 Å². The SMILES string of the molecule is O=C(O)C(CCCC=Cc1cccnc1)C(=O)O. The number of allylic oxidation sites excluding steroid dienone is 1. The van der Waals surface area contributed by atoms with Crippen LogP contribution in [0.5, 0.6) is 0 Å². The number of pyridine rings is 1. The minimum atomic E-state index is -1.31. The van der Waals surface area contributed by atoms with Crippen molar-refractivity contribution in [2.75, 3.05) is 0 Å². The Kier molecular flexibility index (Phi) is 5.57. The highest BCUT2D eigenvalue weighted by molar-refractivity contribution is 5.92. The van der Waals surface area contributed by atoms with Gasteiger partial charge in [0.15, 0.2) is 5.92 Å². The van der Waals surface area contributed by atoms with Crippen molar-refractivity contribution in [1.29, 1.82) is 0 Å². The number of carboxylic acids is 2. The molecule has 0 unspecified atom stereocenters. The van der Waals surface area contributed by atoms with E-state index in [2.05, 4.69) is 4.98 Å². The van der Waals surface area contributed by atoms with Crippen LogP contribution in [0.1, 0.15) is 24.8 Å². The lowest BCUT2D eigenvalue weighted by atomic mass is 10.0. The number of hydrogen-bond donors (Lipinski definition) is 2. The highest BCUT2D eigenvalue weighted by atomic mass is 16.4. The molecule has 0 saturated heterocycles. The standard InChI is InChI=1S/C13H15NO4/c15-12(16)11(13(17)18)7-3-1-2-5-10-6-4-8-14-9-10/h2,4-6,8-9,11H,1,3,7H2,(H,15,16)(H,17,18). The van der Waals surface area contributed by atoms with Gasteiger partial charge in [-0.2, -0.15) is 0 Å². The monoisotopic (exact) mass is 249 g/mol. The molecule has 0 aliphatic heterocycles. The van der Waals surface area contributed by atoms with Gasteiger partial charge in [0.1, 0.15) is 0 Å². The van der Waals surface area contributed by atoms with Crippen LogP contribution in [0, 0.1) is 5.92 Å². The topological polar surface area (TPSA) is 87.5 Å². The van der Waals surface area contributed by atoms with Crippen LogP contribution >= 0.6 is 0 Å². The van der Waals surface area contributed by atoms with E-state index in [1.54, 1.807) is 12.4 Å². The number of aromatic nitrogens is 1. The summed E-state index contributed by atoms with van der Waals surface area (Å²) in [6.45, 7) is 0. The number of nitrogens with zero attached hydrogens (tertiary/aromatic N) is 1. The van der Waals surface area contributed by atoms with Crippen molar-refractivity contribution in [3.63, 3.8) is 0 Å². The van der Waals surface area contributed by atoms with Gasteiger partial charge >= 0.3 is 11.9 Å². The second-order valence-electron chi connectivity index (χ2n) is 3.85. The van der Waals surface area contributed by atoms with Crippen LogP contribution in [0.15, 0.2) is 30.6 Å². The van der Waals surface area contributed by atoms with Gasteiger partial charge in [-0.1, -0.05) is 18.2 Å². The first-order valence-electron chi connectivity index (χ1n) is 5.63. The molecule has 1 aromatic heterocycles. The Morgan fingerprint density at radius 3 is 2.61 bits per heavy atom. The Bertz CT molecular complexity index is 414. The molecule has 18 heavy (non-hydrogen) atoms. The third-order valence-corrected chi connectivity index (χ3v) is 2.45. The molecule has 0 atom stereocenters. The third kappa shape index (κ3) is 4.78. The van der Waals surface area contributed by atoms with Gasteiger partial charge in [-0.25, -0.2) is 0 Å². The minimum Gasteiger partial charge on any atom is -0.481 e. The molecule has 0 aromatic carbocycles. The van der Waals surface area contributed by atoms with Gasteiger partial charge in [-0.3, -0.25) is 14.6 Å². The van der Waals surface area contributed by atoms with Crippen LogP contribution in [-0.2, 0) is 9.59 Å². The smallest absolute Gasteiger partial charge is 0.317 e. The van der Waals surface area contributed by atoms with E-state index in [-0.39, 0.29) is 6.42 Å². The van der Waals surface area contributed by atoms with Crippen molar-refractivity contribution in [3.8, 4) is 0 Å². The van der Waals surface area contributed by atoms with E-state index in [9.17, 15) is 9.59 Å². The van der Waals surface area contributed by atoms with Gasteiger partial charge in [0, 0.05) is 12.4 Å². The summed E-state index contributed by atoms with van der Waals surface area (Å²) in [5.74, 6) is -3.87. The predicted molar refractivity (Wildman–Crippen MR) is 65.9 cm³/mol. The second kappa shape index (κ2) is 7.21.